The average Bonchev–Trinajstić information content (AvgIpc) is 2.67. The highest BCUT2D eigenvalue weighted by molar-refractivity contribution is 5.81. The van der Waals surface area contributed by atoms with Crippen molar-refractivity contribution in [3.05, 3.63) is 53.8 Å². The number of amides is 1. The second-order valence-corrected chi connectivity index (χ2v) is 5.68. The highest BCUT2D eigenvalue weighted by Gasteiger charge is 2.19. The first kappa shape index (κ1) is 19.6. The third kappa shape index (κ3) is 5.12. The van der Waals surface area contributed by atoms with Crippen LogP contribution in [0.3, 0.4) is 0 Å². The number of benzene rings is 2. The molecule has 0 aromatic heterocycles. The Morgan fingerprint density at radius 2 is 1.81 bits per heavy atom. The Bertz CT molecular complexity index is 736. The van der Waals surface area contributed by atoms with E-state index >= 15 is 0 Å². The van der Waals surface area contributed by atoms with Crippen molar-refractivity contribution in [1.29, 1.82) is 0 Å². The van der Waals surface area contributed by atoms with E-state index in [9.17, 15) is 9.18 Å². The van der Waals surface area contributed by atoms with Gasteiger partial charge in [-0.05, 0) is 42.7 Å². The van der Waals surface area contributed by atoms with Gasteiger partial charge >= 0.3 is 0 Å². The van der Waals surface area contributed by atoms with Crippen LogP contribution >= 0.6 is 0 Å². The van der Waals surface area contributed by atoms with E-state index < -0.39 is 11.9 Å². The lowest BCUT2D eigenvalue weighted by Gasteiger charge is -2.17. The highest BCUT2D eigenvalue weighted by Crippen LogP contribution is 2.27. The Hall–Kier alpha value is -2.76. The largest absolute Gasteiger partial charge is 0.493 e. The zero-order chi connectivity index (χ0) is 18.9. The maximum absolute atomic E-state index is 13.7. The number of carbonyl (C=O) groups is 1. The molecule has 0 aliphatic rings. The molecule has 0 fully saturated rings. The summed E-state index contributed by atoms with van der Waals surface area (Å²) in [6.07, 6.45) is 0.330. The molecule has 0 radical (unpaired) electrons. The Morgan fingerprint density at radius 1 is 1.08 bits per heavy atom. The highest BCUT2D eigenvalue weighted by atomic mass is 19.1. The van der Waals surface area contributed by atoms with Gasteiger partial charge in [0, 0.05) is 6.54 Å². The summed E-state index contributed by atoms with van der Waals surface area (Å²) in [6.45, 7) is 2.25. The third-order valence-electron chi connectivity index (χ3n) is 3.93. The van der Waals surface area contributed by atoms with Crippen LogP contribution in [0.5, 0.6) is 17.2 Å². The smallest absolute Gasteiger partial charge is 0.261 e. The predicted molar refractivity (Wildman–Crippen MR) is 97.4 cm³/mol. The normalized spacial score (nSPS) is 11.5. The molecule has 0 spiro atoms. The van der Waals surface area contributed by atoms with Gasteiger partial charge in [-0.1, -0.05) is 25.1 Å². The lowest BCUT2D eigenvalue weighted by molar-refractivity contribution is -0.128. The van der Waals surface area contributed by atoms with Crippen LogP contribution in [0.4, 0.5) is 4.39 Å². The van der Waals surface area contributed by atoms with Gasteiger partial charge in [0.2, 0.25) is 0 Å². The predicted octanol–water partition coefficient (Wildman–Crippen LogP) is 3.36. The Morgan fingerprint density at radius 3 is 2.46 bits per heavy atom. The van der Waals surface area contributed by atoms with Crippen LogP contribution in [0, 0.1) is 5.82 Å². The molecular formula is C20H24FNO4. The molecule has 0 bridgehead atoms. The van der Waals surface area contributed by atoms with E-state index in [0.29, 0.717) is 30.9 Å². The standard InChI is InChI=1S/C20H24FNO4/c1-4-16(26-17-8-6-5-7-15(17)21)20(23)22-12-11-14-9-10-18(24-2)19(13-14)25-3/h5-10,13,16H,4,11-12H2,1-3H3,(H,22,23). The van der Waals surface area contributed by atoms with Gasteiger partial charge < -0.3 is 19.5 Å². The van der Waals surface area contributed by atoms with Crippen molar-refractivity contribution < 1.29 is 23.4 Å². The lowest BCUT2D eigenvalue weighted by atomic mass is 10.1. The fourth-order valence-corrected chi connectivity index (χ4v) is 2.50. The van der Waals surface area contributed by atoms with Gasteiger partial charge in [0.1, 0.15) is 0 Å². The van der Waals surface area contributed by atoms with Crippen molar-refractivity contribution >= 4 is 5.91 Å². The summed E-state index contributed by atoms with van der Waals surface area (Å²) in [7, 11) is 3.16. The topological polar surface area (TPSA) is 56.8 Å². The summed E-state index contributed by atoms with van der Waals surface area (Å²) in [5.74, 6) is 0.630. The molecule has 0 aliphatic carbocycles. The molecule has 1 unspecified atom stereocenters. The van der Waals surface area contributed by atoms with Gasteiger partial charge in [0.15, 0.2) is 29.2 Å². The van der Waals surface area contributed by atoms with Gasteiger partial charge in [0.05, 0.1) is 14.2 Å². The summed E-state index contributed by atoms with van der Waals surface area (Å²) in [5.41, 5.74) is 1.01. The molecule has 140 valence electrons. The van der Waals surface area contributed by atoms with E-state index in [1.165, 1.54) is 12.1 Å². The number of carbonyl (C=O) groups excluding carboxylic acids is 1. The molecule has 1 N–H and O–H groups in total. The van der Waals surface area contributed by atoms with Crippen LogP contribution in [-0.2, 0) is 11.2 Å². The molecule has 1 amide bonds. The van der Waals surface area contributed by atoms with Gasteiger partial charge in [-0.3, -0.25) is 4.79 Å². The minimum atomic E-state index is -0.739. The zero-order valence-electron chi connectivity index (χ0n) is 15.3. The lowest BCUT2D eigenvalue weighted by Crippen LogP contribution is -2.39. The average molecular weight is 361 g/mol. The minimum Gasteiger partial charge on any atom is -0.493 e. The van der Waals surface area contributed by atoms with Crippen LogP contribution in [-0.4, -0.2) is 32.8 Å². The molecule has 5 nitrogen and oxygen atoms in total. The van der Waals surface area contributed by atoms with Gasteiger partial charge in [-0.15, -0.1) is 0 Å². The summed E-state index contributed by atoms with van der Waals surface area (Å²) >= 11 is 0. The van der Waals surface area contributed by atoms with Crippen LogP contribution in [0.1, 0.15) is 18.9 Å². The number of ether oxygens (including phenoxy) is 3. The number of methoxy groups -OCH3 is 2. The van der Waals surface area contributed by atoms with E-state index in [0.717, 1.165) is 5.56 Å². The van der Waals surface area contributed by atoms with E-state index in [-0.39, 0.29) is 11.7 Å². The minimum absolute atomic E-state index is 0.0781. The van der Waals surface area contributed by atoms with Gasteiger partial charge in [0.25, 0.3) is 5.91 Å². The molecule has 6 heteroatoms. The summed E-state index contributed by atoms with van der Waals surface area (Å²) in [5, 5.41) is 2.83. The molecule has 0 heterocycles. The fraction of sp³-hybridized carbons (Fsp3) is 0.350. The molecule has 26 heavy (non-hydrogen) atoms. The Labute approximate surface area is 153 Å². The molecule has 2 aromatic rings. The third-order valence-corrected chi connectivity index (χ3v) is 3.93. The first-order valence-corrected chi connectivity index (χ1v) is 8.48. The van der Waals surface area contributed by atoms with Crippen molar-refractivity contribution in [2.24, 2.45) is 0 Å². The number of nitrogens with one attached hydrogen (secondary N) is 1. The monoisotopic (exact) mass is 361 g/mol. The second-order valence-electron chi connectivity index (χ2n) is 5.68. The first-order valence-electron chi connectivity index (χ1n) is 8.48. The van der Waals surface area contributed by atoms with E-state index in [1.807, 2.05) is 25.1 Å². The molecule has 2 rings (SSSR count). The Balaban J connectivity index is 1.90. The van der Waals surface area contributed by atoms with E-state index in [2.05, 4.69) is 5.32 Å². The Kier molecular flexibility index (Phi) is 7.26. The molecule has 0 saturated heterocycles. The fourth-order valence-electron chi connectivity index (χ4n) is 2.50. The summed E-state index contributed by atoms with van der Waals surface area (Å²) in [6, 6.07) is 11.7. The van der Waals surface area contributed by atoms with Crippen LogP contribution in [0.25, 0.3) is 0 Å². The summed E-state index contributed by atoms with van der Waals surface area (Å²) < 4.78 is 29.7. The molecule has 0 saturated carbocycles. The quantitative estimate of drug-likeness (QED) is 0.744. The summed E-state index contributed by atoms with van der Waals surface area (Å²) in [4.78, 5) is 12.3. The molecule has 2 aromatic carbocycles. The van der Waals surface area contributed by atoms with E-state index in [4.69, 9.17) is 14.2 Å². The van der Waals surface area contributed by atoms with Crippen molar-refractivity contribution in [3.8, 4) is 17.2 Å². The number of halogens is 1. The maximum atomic E-state index is 13.7. The van der Waals surface area contributed by atoms with Gasteiger partial charge in [-0.25, -0.2) is 4.39 Å². The number of hydrogen-bond acceptors (Lipinski definition) is 4. The van der Waals surface area contributed by atoms with Crippen molar-refractivity contribution in [2.75, 3.05) is 20.8 Å². The number of rotatable bonds is 9. The SMILES string of the molecule is CCC(Oc1ccccc1F)C(=O)NCCc1ccc(OC)c(OC)c1. The zero-order valence-corrected chi connectivity index (χ0v) is 15.3. The van der Waals surface area contributed by atoms with Crippen LogP contribution in [0.2, 0.25) is 0 Å². The first-order chi connectivity index (χ1) is 12.6. The molecule has 0 aliphatic heterocycles. The van der Waals surface area contributed by atoms with Crippen molar-refractivity contribution in [1.82, 2.24) is 5.32 Å². The van der Waals surface area contributed by atoms with Crippen LogP contribution < -0.4 is 19.5 Å². The second kappa shape index (κ2) is 9.65. The molecular weight excluding hydrogens is 337 g/mol. The van der Waals surface area contributed by atoms with Gasteiger partial charge in [-0.2, -0.15) is 0 Å². The molecule has 1 atom stereocenters. The number of para-hydroxylation sites is 1. The number of hydrogen-bond donors (Lipinski definition) is 1. The van der Waals surface area contributed by atoms with Crippen LogP contribution in [0.15, 0.2) is 42.5 Å². The van der Waals surface area contributed by atoms with E-state index in [1.54, 1.807) is 26.4 Å². The van der Waals surface area contributed by atoms with Crippen molar-refractivity contribution in [3.63, 3.8) is 0 Å². The maximum Gasteiger partial charge on any atom is 0.261 e. The van der Waals surface area contributed by atoms with Crippen molar-refractivity contribution in [2.45, 2.75) is 25.9 Å².